The van der Waals surface area contributed by atoms with Gasteiger partial charge in [0, 0.05) is 40.1 Å². The predicted octanol–water partition coefficient (Wildman–Crippen LogP) is 7.29. The van der Waals surface area contributed by atoms with E-state index in [-0.39, 0.29) is 23.9 Å². The summed E-state index contributed by atoms with van der Waals surface area (Å²) in [5, 5.41) is 14.1. The molecule has 6 aromatic rings. The largest absolute Gasteiger partial charge is 0.283 e. The Bertz CT molecular complexity index is 1580. The molecule has 0 saturated heterocycles. The first kappa shape index (κ1) is 27.6. The summed E-state index contributed by atoms with van der Waals surface area (Å²) < 4.78 is 0. The van der Waals surface area contributed by atoms with Gasteiger partial charge in [-0.05, 0) is 43.5 Å². The van der Waals surface area contributed by atoms with Gasteiger partial charge in [0.1, 0.15) is 0 Å². The smallest absolute Gasteiger partial charge is 0.0384 e. The van der Waals surface area contributed by atoms with Crippen molar-refractivity contribution in [1.82, 2.24) is 10.2 Å². The van der Waals surface area contributed by atoms with Crippen LogP contribution in [-0.2, 0) is 0 Å². The number of fused-ring (bicyclic) bond motifs is 1. The third kappa shape index (κ3) is 5.03. The van der Waals surface area contributed by atoms with Crippen LogP contribution in [-0.4, -0.2) is 12.1 Å². The first-order valence-corrected chi connectivity index (χ1v) is 18.1. The van der Waals surface area contributed by atoms with Gasteiger partial charge < -0.3 is 0 Å². The van der Waals surface area contributed by atoms with Crippen molar-refractivity contribution >= 4 is 37.4 Å². The molecular formula is C40H34N2P2. The Labute approximate surface area is 262 Å². The molecule has 2 bridgehead atoms. The normalized spacial score (nSPS) is 20.0. The van der Waals surface area contributed by atoms with E-state index in [1.165, 1.54) is 43.5 Å². The van der Waals surface area contributed by atoms with Crippen molar-refractivity contribution in [2.45, 2.75) is 23.9 Å². The molecule has 0 unspecified atom stereocenters. The molecule has 9 rings (SSSR count). The maximum atomic E-state index is 4.37. The number of hydrogen-bond donors (Lipinski definition) is 2. The van der Waals surface area contributed by atoms with Gasteiger partial charge in [-0.25, -0.2) is 0 Å². The topological polar surface area (TPSA) is 24.1 Å². The molecule has 0 aromatic heterocycles. The van der Waals surface area contributed by atoms with Crippen LogP contribution in [0.1, 0.15) is 34.1 Å². The monoisotopic (exact) mass is 604 g/mol. The van der Waals surface area contributed by atoms with E-state index in [0.717, 1.165) is 0 Å². The molecule has 214 valence electrons. The van der Waals surface area contributed by atoms with Gasteiger partial charge in [0.2, 0.25) is 0 Å². The summed E-state index contributed by atoms with van der Waals surface area (Å²) in [6.45, 7) is 0. The molecule has 3 aliphatic carbocycles. The Morgan fingerprint density at radius 3 is 0.773 bits per heavy atom. The van der Waals surface area contributed by atoms with Crippen molar-refractivity contribution in [1.29, 1.82) is 0 Å². The van der Waals surface area contributed by atoms with E-state index in [1.54, 1.807) is 0 Å². The van der Waals surface area contributed by atoms with Gasteiger partial charge in [-0.2, -0.15) is 0 Å². The maximum absolute atomic E-state index is 4.37. The fourth-order valence-corrected chi connectivity index (χ4v) is 11.5. The van der Waals surface area contributed by atoms with E-state index >= 15 is 0 Å². The maximum Gasteiger partial charge on any atom is 0.0384 e. The van der Waals surface area contributed by atoms with Gasteiger partial charge in [-0.3, -0.25) is 10.2 Å². The summed E-state index contributed by atoms with van der Waals surface area (Å²) in [5.74, 6) is 0.483. The molecule has 0 saturated carbocycles. The van der Waals surface area contributed by atoms with E-state index in [1.807, 2.05) is 0 Å². The van der Waals surface area contributed by atoms with Crippen molar-refractivity contribution in [3.63, 3.8) is 0 Å². The standard InChI is InChI=1S/C40H34N2P2/c1-5-17-29(18-6-1)43(30-19-7-2-8-20-30)41-39-37-33-25-13-15-27-35(33)38(36-28-16-14-26-34(36)37)40(39)42-44(31-21-9-3-10-22-31)32-23-11-4-12-24-32/h1-28,37-42H/t37?,38?,39-,40-/m0/s1. The molecule has 0 radical (unpaired) electrons. The highest BCUT2D eigenvalue weighted by Gasteiger charge is 2.51. The van der Waals surface area contributed by atoms with Gasteiger partial charge in [0.15, 0.2) is 0 Å². The van der Waals surface area contributed by atoms with E-state index in [0.29, 0.717) is 0 Å². The quantitative estimate of drug-likeness (QED) is 0.178. The van der Waals surface area contributed by atoms with Gasteiger partial charge in [0.25, 0.3) is 0 Å². The van der Waals surface area contributed by atoms with Gasteiger partial charge >= 0.3 is 0 Å². The minimum absolute atomic E-state index is 0.189. The lowest BCUT2D eigenvalue weighted by Crippen LogP contribution is -2.59. The van der Waals surface area contributed by atoms with Crippen molar-refractivity contribution in [2.24, 2.45) is 0 Å². The zero-order valence-electron chi connectivity index (χ0n) is 24.4. The number of rotatable bonds is 8. The number of hydrogen-bond acceptors (Lipinski definition) is 2. The molecule has 2 nitrogen and oxygen atoms in total. The van der Waals surface area contributed by atoms with E-state index < -0.39 is 16.1 Å². The van der Waals surface area contributed by atoms with Gasteiger partial charge in [0.05, 0.1) is 0 Å². The molecule has 4 heteroatoms. The second-order valence-electron chi connectivity index (χ2n) is 11.5. The highest BCUT2D eigenvalue weighted by atomic mass is 31.1. The minimum Gasteiger partial charge on any atom is -0.283 e. The molecule has 0 spiro atoms. The lowest BCUT2D eigenvalue weighted by molar-refractivity contribution is 0.349. The van der Waals surface area contributed by atoms with Crippen LogP contribution in [0.2, 0.25) is 0 Å². The zero-order chi connectivity index (χ0) is 29.3. The average molecular weight is 605 g/mol. The summed E-state index contributed by atoms with van der Waals surface area (Å²) >= 11 is 0. The van der Waals surface area contributed by atoms with E-state index in [4.69, 9.17) is 0 Å². The van der Waals surface area contributed by atoms with Crippen LogP contribution >= 0.6 is 16.1 Å². The van der Waals surface area contributed by atoms with Crippen molar-refractivity contribution in [3.05, 3.63) is 192 Å². The predicted molar refractivity (Wildman–Crippen MR) is 189 cm³/mol. The minimum atomic E-state index is -0.807. The number of nitrogens with one attached hydrogen (secondary N) is 2. The third-order valence-corrected chi connectivity index (χ3v) is 13.4. The first-order valence-electron chi connectivity index (χ1n) is 15.4. The van der Waals surface area contributed by atoms with Gasteiger partial charge in [-0.15, -0.1) is 0 Å². The SMILES string of the molecule is c1ccc(P(N[C@H]2C3c4ccccc4C(c4ccccc43)[C@@H]2NP(c2ccccc2)c2ccccc2)c2ccccc2)cc1. The number of benzene rings is 6. The van der Waals surface area contributed by atoms with Crippen LogP contribution in [0, 0.1) is 0 Å². The highest BCUT2D eigenvalue weighted by molar-refractivity contribution is 7.71. The second kappa shape index (κ2) is 12.2. The molecule has 2 N–H and O–H groups in total. The Hall–Kier alpha value is -3.90. The van der Waals surface area contributed by atoms with Crippen LogP contribution in [0.15, 0.2) is 170 Å². The molecule has 0 heterocycles. The van der Waals surface area contributed by atoms with Crippen molar-refractivity contribution in [3.8, 4) is 0 Å². The Morgan fingerprint density at radius 2 is 0.523 bits per heavy atom. The lowest BCUT2D eigenvalue weighted by atomic mass is 9.59. The summed E-state index contributed by atoms with van der Waals surface area (Å²) in [7, 11) is -1.61. The Kier molecular flexibility index (Phi) is 7.69. The fourth-order valence-electron chi connectivity index (χ4n) is 7.19. The van der Waals surface area contributed by atoms with Crippen LogP contribution in [0.5, 0.6) is 0 Å². The third-order valence-electron chi connectivity index (χ3n) is 9.05. The highest BCUT2D eigenvalue weighted by Crippen LogP contribution is 2.55. The first-order chi connectivity index (χ1) is 21.9. The molecule has 3 aliphatic rings. The summed E-state index contributed by atoms with van der Waals surface area (Å²) in [6.07, 6.45) is 0. The average Bonchev–Trinajstić information content (AvgIpc) is 3.11. The van der Waals surface area contributed by atoms with Crippen LogP contribution in [0.4, 0.5) is 0 Å². The zero-order valence-corrected chi connectivity index (χ0v) is 26.2. The van der Waals surface area contributed by atoms with Gasteiger partial charge in [-0.1, -0.05) is 170 Å². The van der Waals surface area contributed by atoms with Crippen LogP contribution in [0.25, 0.3) is 0 Å². The summed E-state index contributed by atoms with van der Waals surface area (Å²) in [5.41, 5.74) is 5.86. The molecular weight excluding hydrogens is 570 g/mol. The summed E-state index contributed by atoms with van der Waals surface area (Å²) in [6, 6.07) is 62.9. The molecule has 0 aliphatic heterocycles. The summed E-state index contributed by atoms with van der Waals surface area (Å²) in [4.78, 5) is 0. The molecule has 0 fully saturated rings. The van der Waals surface area contributed by atoms with Crippen molar-refractivity contribution in [2.75, 3.05) is 0 Å². The van der Waals surface area contributed by atoms with Crippen LogP contribution < -0.4 is 31.4 Å². The molecule has 44 heavy (non-hydrogen) atoms. The van der Waals surface area contributed by atoms with E-state index in [9.17, 15) is 0 Å². The fraction of sp³-hybridized carbons (Fsp3) is 0.100. The Morgan fingerprint density at radius 1 is 0.295 bits per heavy atom. The van der Waals surface area contributed by atoms with Crippen LogP contribution in [0.3, 0.4) is 0 Å². The van der Waals surface area contributed by atoms with E-state index in [2.05, 4.69) is 180 Å². The second-order valence-corrected chi connectivity index (χ2v) is 15.5. The Balaban J connectivity index is 1.30. The van der Waals surface area contributed by atoms with Crippen molar-refractivity contribution < 1.29 is 0 Å². The molecule has 2 atom stereocenters. The molecule has 0 amide bonds. The lowest BCUT2D eigenvalue weighted by Gasteiger charge is -2.53. The molecule has 6 aromatic carbocycles.